The first kappa shape index (κ1) is 18.5. The minimum absolute atomic E-state index is 0.195. The number of nitrogens with one attached hydrogen (secondary N) is 2. The van der Waals surface area contributed by atoms with Crippen LogP contribution in [0.5, 0.6) is 5.75 Å². The summed E-state index contributed by atoms with van der Waals surface area (Å²) in [6.07, 6.45) is 3.58. The highest BCUT2D eigenvalue weighted by molar-refractivity contribution is 5.89. The number of nitrogens with two attached hydrogens (primary N) is 1. The van der Waals surface area contributed by atoms with Crippen molar-refractivity contribution in [1.82, 2.24) is 15.1 Å². The van der Waals surface area contributed by atoms with Gasteiger partial charge in [-0.25, -0.2) is 4.79 Å². The zero-order chi connectivity index (χ0) is 19.1. The lowest BCUT2D eigenvalue weighted by molar-refractivity contribution is 0.210. The fraction of sp³-hybridized carbons (Fsp3) is 0.200. The average Bonchev–Trinajstić information content (AvgIpc) is 3.23. The van der Waals surface area contributed by atoms with E-state index in [1.807, 2.05) is 54.7 Å². The van der Waals surface area contributed by atoms with E-state index in [1.165, 1.54) is 0 Å². The van der Waals surface area contributed by atoms with E-state index in [1.54, 1.807) is 18.2 Å². The number of benzene rings is 2. The van der Waals surface area contributed by atoms with Crippen molar-refractivity contribution in [1.29, 1.82) is 0 Å². The molecule has 0 fully saturated rings. The average molecular weight is 365 g/mol. The van der Waals surface area contributed by atoms with Gasteiger partial charge in [-0.2, -0.15) is 5.10 Å². The molecule has 2 aromatic carbocycles. The standard InChI is InChI=1S/C20H23N5O2/c1-27-19-4-2-3-15(11-19)14-25(10-9-21)20(26)24-18-7-5-16(6-8-18)17-12-22-23-13-17/h2-8,11-13H,9-10,14,21H2,1H3,(H,22,23)(H,24,26). The summed E-state index contributed by atoms with van der Waals surface area (Å²) in [5.41, 5.74) is 9.41. The summed E-state index contributed by atoms with van der Waals surface area (Å²) in [6, 6.07) is 15.1. The summed E-state index contributed by atoms with van der Waals surface area (Å²) in [5, 5.41) is 9.66. The van der Waals surface area contributed by atoms with Crippen LogP contribution in [0, 0.1) is 0 Å². The molecule has 0 atom stereocenters. The quantitative estimate of drug-likeness (QED) is 0.599. The van der Waals surface area contributed by atoms with Crippen LogP contribution in [0.2, 0.25) is 0 Å². The maximum absolute atomic E-state index is 12.7. The van der Waals surface area contributed by atoms with Crippen LogP contribution < -0.4 is 15.8 Å². The molecule has 0 bridgehead atoms. The first-order valence-electron chi connectivity index (χ1n) is 8.67. The van der Waals surface area contributed by atoms with Gasteiger partial charge in [-0.1, -0.05) is 24.3 Å². The van der Waals surface area contributed by atoms with Crippen LogP contribution in [0.4, 0.5) is 10.5 Å². The number of anilines is 1. The smallest absolute Gasteiger partial charge is 0.322 e. The van der Waals surface area contributed by atoms with Gasteiger partial charge >= 0.3 is 6.03 Å². The molecular formula is C20H23N5O2. The molecule has 3 rings (SSSR count). The van der Waals surface area contributed by atoms with Crippen LogP contribution in [0.1, 0.15) is 5.56 Å². The maximum atomic E-state index is 12.7. The van der Waals surface area contributed by atoms with E-state index < -0.39 is 0 Å². The van der Waals surface area contributed by atoms with E-state index in [0.717, 1.165) is 28.1 Å². The maximum Gasteiger partial charge on any atom is 0.322 e. The Morgan fingerprint density at radius 3 is 2.70 bits per heavy atom. The normalized spacial score (nSPS) is 10.4. The molecule has 1 aromatic heterocycles. The van der Waals surface area contributed by atoms with Crippen LogP contribution in [0.3, 0.4) is 0 Å². The van der Waals surface area contributed by atoms with Gasteiger partial charge in [-0.15, -0.1) is 0 Å². The molecule has 0 aliphatic heterocycles. The summed E-state index contributed by atoms with van der Waals surface area (Å²) in [7, 11) is 1.62. The number of amides is 2. The first-order chi connectivity index (χ1) is 13.2. The predicted octanol–water partition coefficient (Wildman–Crippen LogP) is 3.08. The topological polar surface area (TPSA) is 96.3 Å². The van der Waals surface area contributed by atoms with Gasteiger partial charge in [-0.3, -0.25) is 5.10 Å². The Bertz CT molecular complexity index is 862. The molecule has 0 aliphatic rings. The fourth-order valence-electron chi connectivity index (χ4n) is 2.76. The Kier molecular flexibility index (Phi) is 6.06. The number of hydrogen-bond acceptors (Lipinski definition) is 4. The Balaban J connectivity index is 1.67. The van der Waals surface area contributed by atoms with E-state index >= 15 is 0 Å². The second-order valence-corrected chi connectivity index (χ2v) is 6.06. The number of carbonyl (C=O) groups excluding carboxylic acids is 1. The van der Waals surface area contributed by atoms with Crippen LogP contribution in [0.25, 0.3) is 11.1 Å². The lowest BCUT2D eigenvalue weighted by Crippen LogP contribution is -2.38. The molecular weight excluding hydrogens is 342 g/mol. The number of methoxy groups -OCH3 is 1. The molecule has 3 aromatic rings. The summed E-state index contributed by atoms with van der Waals surface area (Å²) >= 11 is 0. The molecule has 27 heavy (non-hydrogen) atoms. The number of urea groups is 1. The van der Waals surface area contributed by atoms with Gasteiger partial charge in [0.1, 0.15) is 5.75 Å². The van der Waals surface area contributed by atoms with Crippen molar-refractivity contribution in [2.45, 2.75) is 6.54 Å². The number of rotatable bonds is 7. The van der Waals surface area contributed by atoms with E-state index in [-0.39, 0.29) is 6.03 Å². The molecule has 0 unspecified atom stereocenters. The lowest BCUT2D eigenvalue weighted by atomic mass is 10.1. The number of aromatic amines is 1. The third-order valence-corrected chi connectivity index (χ3v) is 4.16. The predicted molar refractivity (Wildman–Crippen MR) is 106 cm³/mol. The molecule has 7 nitrogen and oxygen atoms in total. The van der Waals surface area contributed by atoms with Crippen LogP contribution >= 0.6 is 0 Å². The Hall–Kier alpha value is -3.32. The van der Waals surface area contributed by atoms with Crippen molar-refractivity contribution >= 4 is 11.7 Å². The highest BCUT2D eigenvalue weighted by Crippen LogP contribution is 2.20. The molecule has 140 valence electrons. The Labute approximate surface area is 158 Å². The third-order valence-electron chi connectivity index (χ3n) is 4.16. The molecule has 0 aliphatic carbocycles. The van der Waals surface area contributed by atoms with Gasteiger partial charge in [-0.05, 0) is 35.4 Å². The van der Waals surface area contributed by atoms with Gasteiger partial charge in [0, 0.05) is 37.1 Å². The summed E-state index contributed by atoms with van der Waals surface area (Å²) < 4.78 is 5.24. The van der Waals surface area contributed by atoms with Crippen molar-refractivity contribution in [2.75, 3.05) is 25.5 Å². The Morgan fingerprint density at radius 1 is 1.22 bits per heavy atom. The molecule has 2 amide bonds. The number of hydrogen-bond donors (Lipinski definition) is 3. The number of carbonyl (C=O) groups is 1. The third kappa shape index (κ3) is 4.86. The van der Waals surface area contributed by atoms with Crippen LogP contribution in [0.15, 0.2) is 60.9 Å². The largest absolute Gasteiger partial charge is 0.497 e. The summed E-state index contributed by atoms with van der Waals surface area (Å²) in [4.78, 5) is 14.4. The van der Waals surface area contributed by atoms with Gasteiger partial charge in [0.2, 0.25) is 0 Å². The minimum atomic E-state index is -0.195. The molecule has 4 N–H and O–H groups in total. The van der Waals surface area contributed by atoms with E-state index in [0.29, 0.717) is 19.6 Å². The highest BCUT2D eigenvalue weighted by Gasteiger charge is 2.14. The van der Waals surface area contributed by atoms with Crippen molar-refractivity contribution in [3.05, 3.63) is 66.5 Å². The Morgan fingerprint density at radius 2 is 2.04 bits per heavy atom. The molecule has 7 heteroatoms. The molecule has 0 saturated carbocycles. The van der Waals surface area contributed by atoms with E-state index in [2.05, 4.69) is 15.5 Å². The molecule has 1 heterocycles. The summed E-state index contributed by atoms with van der Waals surface area (Å²) in [6.45, 7) is 1.29. The van der Waals surface area contributed by atoms with Crippen molar-refractivity contribution in [2.24, 2.45) is 5.73 Å². The van der Waals surface area contributed by atoms with Crippen LogP contribution in [-0.4, -0.2) is 41.3 Å². The van der Waals surface area contributed by atoms with Gasteiger partial charge in [0.25, 0.3) is 0 Å². The number of H-pyrrole nitrogens is 1. The van der Waals surface area contributed by atoms with Crippen molar-refractivity contribution in [3.8, 4) is 16.9 Å². The van der Waals surface area contributed by atoms with E-state index in [9.17, 15) is 4.79 Å². The highest BCUT2D eigenvalue weighted by atomic mass is 16.5. The van der Waals surface area contributed by atoms with Gasteiger partial charge < -0.3 is 20.7 Å². The van der Waals surface area contributed by atoms with Crippen molar-refractivity contribution in [3.63, 3.8) is 0 Å². The zero-order valence-corrected chi connectivity index (χ0v) is 15.2. The molecule has 0 spiro atoms. The van der Waals surface area contributed by atoms with Crippen molar-refractivity contribution < 1.29 is 9.53 Å². The number of nitrogens with zero attached hydrogens (tertiary/aromatic N) is 2. The summed E-state index contributed by atoms with van der Waals surface area (Å²) in [5.74, 6) is 0.760. The number of aromatic nitrogens is 2. The fourth-order valence-corrected chi connectivity index (χ4v) is 2.76. The van der Waals surface area contributed by atoms with Gasteiger partial charge in [0.15, 0.2) is 0 Å². The first-order valence-corrected chi connectivity index (χ1v) is 8.67. The monoisotopic (exact) mass is 365 g/mol. The van der Waals surface area contributed by atoms with Crippen LogP contribution in [-0.2, 0) is 6.54 Å². The molecule has 0 radical (unpaired) electrons. The number of ether oxygens (including phenoxy) is 1. The molecule has 0 saturated heterocycles. The zero-order valence-electron chi connectivity index (χ0n) is 15.2. The van der Waals surface area contributed by atoms with E-state index in [4.69, 9.17) is 10.5 Å². The minimum Gasteiger partial charge on any atom is -0.497 e. The second-order valence-electron chi connectivity index (χ2n) is 6.06. The second kappa shape index (κ2) is 8.86. The lowest BCUT2D eigenvalue weighted by Gasteiger charge is -2.23. The SMILES string of the molecule is COc1cccc(CN(CCN)C(=O)Nc2ccc(-c3cn[nH]c3)cc2)c1. The van der Waals surface area contributed by atoms with Gasteiger partial charge in [0.05, 0.1) is 13.3 Å².